The summed E-state index contributed by atoms with van der Waals surface area (Å²) in [4.78, 5) is 6.88. The van der Waals surface area contributed by atoms with Crippen LogP contribution in [0.3, 0.4) is 0 Å². The number of benzene rings is 1. The number of nitrogens with zero attached hydrogens (tertiary/aromatic N) is 2. The van der Waals surface area contributed by atoms with Gasteiger partial charge in [0.15, 0.2) is 0 Å². The quantitative estimate of drug-likeness (QED) is 0.644. The van der Waals surface area contributed by atoms with E-state index in [1.54, 1.807) is 12.3 Å². The Labute approximate surface area is 162 Å². The Balaban J connectivity index is 1.64. The molecule has 0 saturated carbocycles. The second-order valence-electron chi connectivity index (χ2n) is 7.23. The van der Waals surface area contributed by atoms with Crippen LogP contribution >= 0.6 is 0 Å². The Morgan fingerprint density at radius 3 is 2.26 bits per heavy atom. The van der Waals surface area contributed by atoms with Gasteiger partial charge in [-0.2, -0.15) is 0 Å². The van der Waals surface area contributed by atoms with Crippen molar-refractivity contribution in [3.05, 3.63) is 36.0 Å². The van der Waals surface area contributed by atoms with Crippen LogP contribution in [-0.4, -0.2) is 67.3 Å². The molecular formula is C21H33N5O. The summed E-state index contributed by atoms with van der Waals surface area (Å²) in [6.07, 6.45) is 5.20. The van der Waals surface area contributed by atoms with Gasteiger partial charge in [-0.1, -0.05) is 12.1 Å². The van der Waals surface area contributed by atoms with E-state index >= 15 is 0 Å². The zero-order valence-corrected chi connectivity index (χ0v) is 16.2. The maximum atomic E-state index is 10.1. The van der Waals surface area contributed by atoms with Gasteiger partial charge in [0.05, 0.1) is 0 Å². The second-order valence-corrected chi connectivity index (χ2v) is 7.23. The molecule has 0 aliphatic carbocycles. The summed E-state index contributed by atoms with van der Waals surface area (Å²) in [5.41, 5.74) is 1.93. The highest BCUT2D eigenvalue weighted by molar-refractivity contribution is 5.87. The smallest absolute Gasteiger partial charge is 0.141 e. The summed E-state index contributed by atoms with van der Waals surface area (Å²) in [6, 6.07) is 7.81. The number of fused-ring (bicyclic) bond motifs is 1. The largest absolute Gasteiger partial charge is 0.506 e. The van der Waals surface area contributed by atoms with Crippen molar-refractivity contribution in [2.45, 2.75) is 25.8 Å². The Morgan fingerprint density at radius 1 is 0.852 bits per heavy atom. The molecule has 0 radical (unpaired) electrons. The molecule has 0 amide bonds. The Bertz CT molecular complexity index is 677. The molecule has 1 saturated heterocycles. The fraction of sp³-hybridized carbons (Fsp3) is 0.571. The summed E-state index contributed by atoms with van der Waals surface area (Å²) in [5.74, 6) is 0.258. The van der Waals surface area contributed by atoms with Crippen LogP contribution in [0.15, 0.2) is 30.5 Å². The molecule has 4 N–H and O–H groups in total. The SMILES string of the molecule is Oc1ccc(CN2CCCNCCCNCCNCCC2)c2cccnc12. The first-order valence-corrected chi connectivity index (χ1v) is 10.2. The average molecular weight is 372 g/mol. The van der Waals surface area contributed by atoms with Crippen LogP contribution in [-0.2, 0) is 6.54 Å². The van der Waals surface area contributed by atoms with E-state index in [1.165, 1.54) is 12.0 Å². The molecule has 2 aromatic rings. The van der Waals surface area contributed by atoms with Crippen molar-refractivity contribution in [2.24, 2.45) is 0 Å². The van der Waals surface area contributed by atoms with Gasteiger partial charge in [0.25, 0.3) is 0 Å². The molecule has 1 aromatic heterocycles. The molecule has 1 fully saturated rings. The van der Waals surface area contributed by atoms with Gasteiger partial charge in [-0.05, 0) is 76.2 Å². The fourth-order valence-corrected chi connectivity index (χ4v) is 3.61. The van der Waals surface area contributed by atoms with Crippen LogP contribution in [0.25, 0.3) is 10.9 Å². The Hall–Kier alpha value is -1.73. The number of pyridine rings is 1. The number of aromatic hydroxyl groups is 1. The van der Waals surface area contributed by atoms with Crippen molar-refractivity contribution in [2.75, 3.05) is 52.4 Å². The van der Waals surface area contributed by atoms with Crippen LogP contribution in [0.5, 0.6) is 5.75 Å². The minimum Gasteiger partial charge on any atom is -0.506 e. The van der Waals surface area contributed by atoms with E-state index in [0.29, 0.717) is 5.52 Å². The lowest BCUT2D eigenvalue weighted by molar-refractivity contribution is 0.257. The average Bonchev–Trinajstić information content (AvgIpc) is 2.70. The van der Waals surface area contributed by atoms with Crippen LogP contribution in [0.1, 0.15) is 24.8 Å². The topological polar surface area (TPSA) is 72.5 Å². The molecule has 6 heteroatoms. The van der Waals surface area contributed by atoms with Crippen molar-refractivity contribution < 1.29 is 5.11 Å². The monoisotopic (exact) mass is 371 g/mol. The molecular weight excluding hydrogens is 338 g/mol. The van der Waals surface area contributed by atoms with Gasteiger partial charge in [0, 0.05) is 31.2 Å². The molecule has 3 rings (SSSR count). The minimum atomic E-state index is 0.258. The van der Waals surface area contributed by atoms with Crippen molar-refractivity contribution in [1.29, 1.82) is 0 Å². The first-order valence-electron chi connectivity index (χ1n) is 10.2. The molecule has 0 atom stereocenters. The van der Waals surface area contributed by atoms with Gasteiger partial charge >= 0.3 is 0 Å². The van der Waals surface area contributed by atoms with Crippen molar-refractivity contribution in [3.63, 3.8) is 0 Å². The normalized spacial score (nSPS) is 19.4. The molecule has 6 nitrogen and oxygen atoms in total. The van der Waals surface area contributed by atoms with Crippen LogP contribution in [0.2, 0.25) is 0 Å². The predicted octanol–water partition coefficient (Wildman–Crippen LogP) is 1.70. The van der Waals surface area contributed by atoms with E-state index in [0.717, 1.165) is 77.1 Å². The first-order chi connectivity index (χ1) is 13.3. The molecule has 0 unspecified atom stereocenters. The molecule has 27 heavy (non-hydrogen) atoms. The zero-order valence-electron chi connectivity index (χ0n) is 16.2. The highest BCUT2D eigenvalue weighted by atomic mass is 16.3. The van der Waals surface area contributed by atoms with Gasteiger partial charge in [-0.15, -0.1) is 0 Å². The minimum absolute atomic E-state index is 0.258. The number of phenolic OH excluding ortho intramolecular Hbond substituents is 1. The lowest BCUT2D eigenvalue weighted by Crippen LogP contribution is -2.31. The molecule has 0 bridgehead atoms. The molecule has 1 aliphatic rings. The molecule has 1 aliphatic heterocycles. The number of rotatable bonds is 2. The van der Waals surface area contributed by atoms with Crippen molar-refractivity contribution in [1.82, 2.24) is 25.8 Å². The molecule has 2 heterocycles. The first kappa shape index (κ1) is 20.0. The number of phenols is 1. The summed E-state index contributed by atoms with van der Waals surface area (Å²) in [7, 11) is 0. The Morgan fingerprint density at radius 2 is 1.52 bits per heavy atom. The lowest BCUT2D eigenvalue weighted by atomic mass is 10.1. The standard InChI is InChI=1S/C21H33N5O/c27-20-7-6-18(19-5-1-12-25-21(19)20)17-26-15-3-10-22-8-2-9-23-13-14-24-11-4-16-26/h1,5-7,12,22-24,27H,2-4,8-11,13-17H2. The number of nitrogens with one attached hydrogen (secondary N) is 3. The van der Waals surface area contributed by atoms with Crippen LogP contribution in [0.4, 0.5) is 0 Å². The van der Waals surface area contributed by atoms with E-state index < -0.39 is 0 Å². The Kier molecular flexibility index (Phi) is 8.30. The number of hydrogen-bond acceptors (Lipinski definition) is 6. The van der Waals surface area contributed by atoms with Gasteiger partial charge in [-0.3, -0.25) is 9.88 Å². The van der Waals surface area contributed by atoms with Gasteiger partial charge in [0.2, 0.25) is 0 Å². The van der Waals surface area contributed by atoms with E-state index in [4.69, 9.17) is 0 Å². The van der Waals surface area contributed by atoms with Gasteiger partial charge in [-0.25, -0.2) is 0 Å². The highest BCUT2D eigenvalue weighted by Gasteiger charge is 2.11. The second kappa shape index (κ2) is 11.2. The molecule has 0 spiro atoms. The summed E-state index contributed by atoms with van der Waals surface area (Å²) < 4.78 is 0. The molecule has 148 valence electrons. The van der Waals surface area contributed by atoms with E-state index in [-0.39, 0.29) is 5.75 Å². The summed E-state index contributed by atoms with van der Waals surface area (Å²) in [5, 5.41) is 21.7. The van der Waals surface area contributed by atoms with Crippen LogP contribution in [0, 0.1) is 0 Å². The van der Waals surface area contributed by atoms with E-state index in [1.807, 2.05) is 12.1 Å². The highest BCUT2D eigenvalue weighted by Crippen LogP contribution is 2.26. The maximum absolute atomic E-state index is 10.1. The molecule has 1 aromatic carbocycles. The van der Waals surface area contributed by atoms with Gasteiger partial charge in [0.1, 0.15) is 11.3 Å². The number of hydrogen-bond donors (Lipinski definition) is 4. The predicted molar refractivity (Wildman–Crippen MR) is 111 cm³/mol. The zero-order chi connectivity index (χ0) is 18.7. The summed E-state index contributed by atoms with van der Waals surface area (Å²) in [6.45, 7) is 9.39. The van der Waals surface area contributed by atoms with E-state index in [2.05, 4.69) is 31.9 Å². The van der Waals surface area contributed by atoms with Crippen molar-refractivity contribution >= 4 is 10.9 Å². The van der Waals surface area contributed by atoms with Crippen molar-refractivity contribution in [3.8, 4) is 5.75 Å². The third-order valence-electron chi connectivity index (χ3n) is 5.07. The third kappa shape index (κ3) is 6.43. The fourth-order valence-electron chi connectivity index (χ4n) is 3.61. The lowest BCUT2D eigenvalue weighted by Gasteiger charge is -2.23. The van der Waals surface area contributed by atoms with Crippen LogP contribution < -0.4 is 16.0 Å². The summed E-state index contributed by atoms with van der Waals surface area (Å²) >= 11 is 0. The number of aromatic nitrogens is 1. The third-order valence-corrected chi connectivity index (χ3v) is 5.07. The maximum Gasteiger partial charge on any atom is 0.141 e. The van der Waals surface area contributed by atoms with E-state index in [9.17, 15) is 5.11 Å². The van der Waals surface area contributed by atoms with Gasteiger partial charge < -0.3 is 21.1 Å².